The Morgan fingerprint density at radius 2 is 1.64 bits per heavy atom. The van der Waals surface area contributed by atoms with Crippen LogP contribution in [-0.4, -0.2) is 42.4 Å². The summed E-state index contributed by atoms with van der Waals surface area (Å²) >= 11 is 0. The van der Waals surface area contributed by atoms with Crippen LogP contribution < -0.4 is 5.32 Å². The number of carboxylic acids is 1. The molecule has 0 radical (unpaired) electrons. The first kappa shape index (κ1) is 36.4. The van der Waals surface area contributed by atoms with Gasteiger partial charge in [-0.05, 0) is 165 Å². The highest BCUT2D eigenvalue weighted by Crippen LogP contribution is 2.76. The Morgan fingerprint density at radius 3 is 2.28 bits per heavy atom. The van der Waals surface area contributed by atoms with Gasteiger partial charge in [-0.3, -0.25) is 9.59 Å². The maximum Gasteiger partial charge on any atom is 0.312 e. The highest BCUT2D eigenvalue weighted by molar-refractivity contribution is 5.77. The molecule has 0 aromatic heterocycles. The SMILES string of the molecule is C=C(C)[C@@H]1CC[C@]2(NC(=O)CC3CCOCC3)CC[C@]3(C)[C@H](CC[C@@H]4[C@@]5(C)CC=C(C6=CCC(CF)(C(=O)O)CC6)C(C)(C)[C@@H]5CC[C@]43C)[C@@H]12. The van der Waals surface area contributed by atoms with Crippen LogP contribution in [0.25, 0.3) is 0 Å². The average Bonchev–Trinajstić information content (AvgIpc) is 3.45. The molecule has 5 nitrogen and oxygen atoms in total. The summed E-state index contributed by atoms with van der Waals surface area (Å²) in [4.78, 5) is 25.8. The van der Waals surface area contributed by atoms with Gasteiger partial charge in [0.1, 0.15) is 6.67 Å². The molecule has 10 atom stereocenters. The van der Waals surface area contributed by atoms with Gasteiger partial charge in [-0.2, -0.15) is 0 Å². The van der Waals surface area contributed by atoms with Gasteiger partial charge in [0, 0.05) is 25.2 Å². The molecule has 6 heteroatoms. The molecular formula is C44H66FNO4. The zero-order chi connectivity index (χ0) is 35.9. The number of rotatable bonds is 7. The Morgan fingerprint density at radius 1 is 0.900 bits per heavy atom. The van der Waals surface area contributed by atoms with Gasteiger partial charge in [-0.1, -0.05) is 58.9 Å². The lowest BCUT2D eigenvalue weighted by atomic mass is 9.33. The fraction of sp³-hybridized carbons (Fsp3) is 0.818. The van der Waals surface area contributed by atoms with Crippen molar-refractivity contribution in [3.8, 4) is 0 Å². The third-order valence-corrected chi connectivity index (χ3v) is 17.5. The van der Waals surface area contributed by atoms with Crippen molar-refractivity contribution in [2.75, 3.05) is 19.9 Å². The molecule has 1 aliphatic heterocycles. The van der Waals surface area contributed by atoms with Crippen molar-refractivity contribution >= 4 is 11.9 Å². The molecule has 1 saturated heterocycles. The summed E-state index contributed by atoms with van der Waals surface area (Å²) in [5.74, 6) is 2.37. The van der Waals surface area contributed by atoms with Crippen LogP contribution in [0.15, 0.2) is 35.5 Å². The van der Waals surface area contributed by atoms with E-state index < -0.39 is 18.1 Å². The number of hydrogen-bond acceptors (Lipinski definition) is 3. The summed E-state index contributed by atoms with van der Waals surface area (Å²) in [6.07, 6.45) is 19.0. The summed E-state index contributed by atoms with van der Waals surface area (Å²) in [6.45, 7) is 20.4. The Kier molecular flexibility index (Phi) is 9.16. The standard InChI is InChI=1S/C44H66FNO4/c1-28(2)31-12-21-44(46-36(47)26-29-15-24-50-25-16-29)23-22-41(6)33(37(31)44)8-9-35-40(5)17-13-32(39(3,4)34(40)14-18-42(35,41)7)30-10-19-43(27-45,20-11-30)38(48)49/h10,13,29,31,33-35,37H,1,8-9,11-12,14-27H2,2-7H3,(H,46,47)(H,48,49)/t31-,33+,34-,35+,37+,40-,41+,42+,43?,44-/m0/s1. The van der Waals surface area contributed by atoms with Crippen LogP contribution in [0.3, 0.4) is 0 Å². The molecule has 1 amide bonds. The Labute approximate surface area is 301 Å². The first-order chi connectivity index (χ1) is 23.6. The van der Waals surface area contributed by atoms with Gasteiger partial charge >= 0.3 is 5.97 Å². The van der Waals surface area contributed by atoms with Gasteiger partial charge in [-0.15, -0.1) is 0 Å². The smallest absolute Gasteiger partial charge is 0.312 e. The molecular weight excluding hydrogens is 625 g/mol. The molecule has 2 N–H and O–H groups in total. The van der Waals surface area contributed by atoms with Crippen LogP contribution >= 0.6 is 0 Å². The van der Waals surface area contributed by atoms with E-state index in [1.807, 2.05) is 0 Å². The second kappa shape index (κ2) is 12.6. The first-order valence-electron chi connectivity index (χ1n) is 20.3. The quantitative estimate of drug-likeness (QED) is 0.261. The molecule has 6 aliphatic carbocycles. The lowest BCUT2D eigenvalue weighted by Gasteiger charge is -2.72. The van der Waals surface area contributed by atoms with E-state index in [9.17, 15) is 19.1 Å². The van der Waals surface area contributed by atoms with Gasteiger partial charge in [0.25, 0.3) is 0 Å². The van der Waals surface area contributed by atoms with E-state index in [2.05, 4.69) is 65.6 Å². The second-order valence-electron chi connectivity index (χ2n) is 19.8. The minimum Gasteiger partial charge on any atom is -0.481 e. The van der Waals surface area contributed by atoms with Crippen LogP contribution in [0.4, 0.5) is 4.39 Å². The predicted molar refractivity (Wildman–Crippen MR) is 197 cm³/mol. The van der Waals surface area contributed by atoms with Crippen molar-refractivity contribution in [2.24, 2.45) is 62.6 Å². The van der Waals surface area contributed by atoms with Crippen molar-refractivity contribution in [3.63, 3.8) is 0 Å². The highest BCUT2D eigenvalue weighted by atomic mass is 19.1. The number of hydrogen-bond donors (Lipinski definition) is 2. The molecule has 1 unspecified atom stereocenters. The lowest BCUT2D eigenvalue weighted by molar-refractivity contribution is -0.221. The number of amides is 1. The number of alkyl halides is 1. The summed E-state index contributed by atoms with van der Waals surface area (Å²) < 4.78 is 19.6. The van der Waals surface area contributed by atoms with E-state index in [-0.39, 0.29) is 39.5 Å². The molecule has 5 fully saturated rings. The number of allylic oxidation sites excluding steroid dienone is 5. The Hall–Kier alpha value is -1.95. The third kappa shape index (κ3) is 5.28. The van der Waals surface area contributed by atoms with E-state index in [1.165, 1.54) is 48.8 Å². The average molecular weight is 692 g/mol. The molecule has 0 aromatic rings. The molecule has 0 spiro atoms. The van der Waals surface area contributed by atoms with Crippen LogP contribution in [0.2, 0.25) is 0 Å². The maximum absolute atomic E-state index is 14.0. The van der Waals surface area contributed by atoms with Gasteiger partial charge in [0.2, 0.25) is 5.91 Å². The van der Waals surface area contributed by atoms with Crippen molar-refractivity contribution in [1.29, 1.82) is 0 Å². The molecule has 7 rings (SSSR count). The van der Waals surface area contributed by atoms with Crippen molar-refractivity contribution in [3.05, 3.63) is 35.5 Å². The molecule has 50 heavy (non-hydrogen) atoms. The van der Waals surface area contributed by atoms with E-state index in [0.717, 1.165) is 51.7 Å². The second-order valence-corrected chi connectivity index (χ2v) is 19.8. The number of carbonyl (C=O) groups is 2. The molecule has 4 saturated carbocycles. The first-order valence-corrected chi connectivity index (χ1v) is 20.3. The predicted octanol–water partition coefficient (Wildman–Crippen LogP) is 10.0. The van der Waals surface area contributed by atoms with Gasteiger partial charge in [0.15, 0.2) is 0 Å². The Bertz CT molecular complexity index is 1460. The molecule has 0 bridgehead atoms. The highest BCUT2D eigenvalue weighted by Gasteiger charge is 2.70. The summed E-state index contributed by atoms with van der Waals surface area (Å²) in [7, 11) is 0. The lowest BCUT2D eigenvalue weighted by Crippen LogP contribution is -2.68. The van der Waals surface area contributed by atoms with E-state index in [4.69, 9.17) is 4.74 Å². The fourth-order valence-electron chi connectivity index (χ4n) is 14.6. The third-order valence-electron chi connectivity index (χ3n) is 17.5. The van der Waals surface area contributed by atoms with Gasteiger partial charge < -0.3 is 15.2 Å². The molecule has 0 aromatic carbocycles. The zero-order valence-corrected chi connectivity index (χ0v) is 32.1. The normalized spacial score (nSPS) is 45.5. The number of carbonyl (C=O) groups excluding carboxylic acids is 1. The van der Waals surface area contributed by atoms with E-state index in [1.54, 1.807) is 0 Å². The molecule has 278 valence electrons. The number of aliphatic carboxylic acids is 1. The molecule has 1 heterocycles. The number of carboxylic acid groups (broad SMARTS) is 1. The number of halogens is 1. The summed E-state index contributed by atoms with van der Waals surface area (Å²) in [5.41, 5.74) is 3.18. The topological polar surface area (TPSA) is 75.6 Å². The summed E-state index contributed by atoms with van der Waals surface area (Å²) in [5, 5.41) is 13.6. The number of ether oxygens (including phenoxy) is 1. The number of fused-ring (bicyclic) bond motifs is 7. The van der Waals surface area contributed by atoms with E-state index >= 15 is 0 Å². The Balaban J connectivity index is 1.16. The fourth-order valence-corrected chi connectivity index (χ4v) is 14.6. The minimum atomic E-state index is -1.26. The van der Waals surface area contributed by atoms with Crippen LogP contribution in [0.5, 0.6) is 0 Å². The van der Waals surface area contributed by atoms with E-state index in [0.29, 0.717) is 54.8 Å². The van der Waals surface area contributed by atoms with Gasteiger partial charge in [0.05, 0.1) is 5.41 Å². The van der Waals surface area contributed by atoms with Crippen LogP contribution in [-0.2, 0) is 14.3 Å². The number of nitrogens with one attached hydrogen (secondary N) is 1. The minimum absolute atomic E-state index is 0.0240. The monoisotopic (exact) mass is 691 g/mol. The van der Waals surface area contributed by atoms with Crippen LogP contribution in [0.1, 0.15) is 138 Å². The van der Waals surface area contributed by atoms with Crippen molar-refractivity contribution < 1.29 is 23.8 Å². The zero-order valence-electron chi connectivity index (χ0n) is 32.1. The van der Waals surface area contributed by atoms with Crippen molar-refractivity contribution in [2.45, 2.75) is 143 Å². The molecule has 7 aliphatic rings. The maximum atomic E-state index is 14.0. The van der Waals surface area contributed by atoms with Crippen LogP contribution in [0, 0.1) is 62.6 Å². The van der Waals surface area contributed by atoms with Gasteiger partial charge in [-0.25, -0.2) is 4.39 Å². The van der Waals surface area contributed by atoms with Crippen molar-refractivity contribution in [1.82, 2.24) is 5.32 Å². The largest absolute Gasteiger partial charge is 0.481 e. The summed E-state index contributed by atoms with van der Waals surface area (Å²) in [6, 6.07) is 0.